The fourth-order valence-electron chi connectivity index (χ4n) is 2.44. The quantitative estimate of drug-likeness (QED) is 0.629. The minimum Gasteiger partial charge on any atom is -0.398 e. The summed E-state index contributed by atoms with van der Waals surface area (Å²) in [6.45, 7) is 4.00. The Morgan fingerprint density at radius 1 is 1.11 bits per heavy atom. The Bertz CT molecular complexity index is 772. The van der Waals surface area contributed by atoms with E-state index >= 15 is 0 Å². The zero-order valence-electron chi connectivity index (χ0n) is 10.9. The predicted molar refractivity (Wildman–Crippen MR) is 77.6 cm³/mol. The topological polar surface area (TPSA) is 41.8 Å². The number of halogens is 1. The molecule has 0 bridgehead atoms. The smallest absolute Gasteiger partial charge is 0.123 e. The van der Waals surface area contributed by atoms with Gasteiger partial charge in [-0.15, -0.1) is 0 Å². The number of rotatable bonds is 1. The van der Waals surface area contributed by atoms with E-state index in [1.165, 1.54) is 12.1 Å². The highest BCUT2D eigenvalue weighted by molar-refractivity contribution is 5.92. The van der Waals surface area contributed by atoms with Crippen LogP contribution in [0.2, 0.25) is 0 Å². The van der Waals surface area contributed by atoms with Gasteiger partial charge < -0.3 is 10.7 Å². The van der Waals surface area contributed by atoms with Crippen LogP contribution >= 0.6 is 0 Å². The van der Waals surface area contributed by atoms with Crippen LogP contribution in [0, 0.1) is 19.7 Å². The lowest BCUT2D eigenvalue weighted by Gasteiger charge is -2.05. The first-order valence-corrected chi connectivity index (χ1v) is 6.20. The van der Waals surface area contributed by atoms with Crippen molar-refractivity contribution in [3.8, 4) is 11.3 Å². The lowest BCUT2D eigenvalue weighted by Crippen LogP contribution is -1.93. The average molecular weight is 254 g/mol. The summed E-state index contributed by atoms with van der Waals surface area (Å²) in [6.07, 6.45) is 0. The highest BCUT2D eigenvalue weighted by Gasteiger charge is 2.09. The van der Waals surface area contributed by atoms with Crippen LogP contribution < -0.4 is 5.73 Å². The van der Waals surface area contributed by atoms with E-state index in [0.717, 1.165) is 39.0 Å². The molecule has 0 aliphatic carbocycles. The minimum atomic E-state index is -0.233. The molecular formula is C16H15FN2. The fraction of sp³-hybridized carbons (Fsp3) is 0.125. The van der Waals surface area contributed by atoms with E-state index in [9.17, 15) is 4.39 Å². The van der Waals surface area contributed by atoms with Gasteiger partial charge in [-0.25, -0.2) is 4.39 Å². The largest absolute Gasteiger partial charge is 0.398 e. The number of anilines is 1. The van der Waals surface area contributed by atoms with Gasteiger partial charge in [-0.2, -0.15) is 0 Å². The molecule has 0 atom stereocenters. The van der Waals surface area contributed by atoms with Gasteiger partial charge >= 0.3 is 0 Å². The summed E-state index contributed by atoms with van der Waals surface area (Å²) in [5.41, 5.74) is 11.8. The van der Waals surface area contributed by atoms with E-state index in [1.807, 2.05) is 32.0 Å². The number of aryl methyl sites for hydroxylation is 2. The third-order valence-corrected chi connectivity index (χ3v) is 3.58. The molecule has 2 nitrogen and oxygen atoms in total. The second-order valence-electron chi connectivity index (χ2n) is 4.89. The fourth-order valence-corrected chi connectivity index (χ4v) is 2.44. The molecule has 0 fully saturated rings. The van der Waals surface area contributed by atoms with E-state index in [-0.39, 0.29) is 5.82 Å². The van der Waals surface area contributed by atoms with Crippen LogP contribution in [-0.4, -0.2) is 4.98 Å². The van der Waals surface area contributed by atoms with E-state index < -0.39 is 0 Å². The number of nitrogen functional groups attached to an aromatic ring is 1. The molecule has 0 saturated carbocycles. The van der Waals surface area contributed by atoms with Crippen LogP contribution in [0.1, 0.15) is 11.1 Å². The Balaban J connectivity index is 2.25. The van der Waals surface area contributed by atoms with E-state index in [4.69, 9.17) is 5.73 Å². The summed E-state index contributed by atoms with van der Waals surface area (Å²) in [5.74, 6) is -0.233. The molecule has 2 aromatic carbocycles. The number of benzene rings is 2. The first-order valence-electron chi connectivity index (χ1n) is 6.20. The standard InChI is InChI=1S/C16H15FN2/c1-9-6-15-13(10(2)16(9)18)8-14(19-15)11-4-3-5-12(17)7-11/h3-8,19H,18H2,1-2H3. The molecule has 96 valence electrons. The lowest BCUT2D eigenvalue weighted by molar-refractivity contribution is 0.628. The van der Waals surface area contributed by atoms with Gasteiger partial charge in [0.1, 0.15) is 5.82 Å². The first kappa shape index (κ1) is 11.8. The van der Waals surface area contributed by atoms with E-state index in [0.29, 0.717) is 0 Å². The molecule has 19 heavy (non-hydrogen) atoms. The Morgan fingerprint density at radius 2 is 1.89 bits per heavy atom. The van der Waals surface area contributed by atoms with Crippen molar-refractivity contribution in [3.05, 3.63) is 53.3 Å². The Hall–Kier alpha value is -2.29. The summed E-state index contributed by atoms with van der Waals surface area (Å²) in [5, 5.41) is 1.09. The van der Waals surface area contributed by atoms with Crippen LogP contribution in [0.25, 0.3) is 22.2 Å². The Morgan fingerprint density at radius 3 is 2.63 bits per heavy atom. The maximum atomic E-state index is 13.3. The predicted octanol–water partition coefficient (Wildman–Crippen LogP) is 4.17. The third kappa shape index (κ3) is 1.87. The van der Waals surface area contributed by atoms with Gasteiger partial charge in [0.15, 0.2) is 0 Å². The number of nitrogens with one attached hydrogen (secondary N) is 1. The number of aromatic nitrogens is 1. The molecule has 1 aromatic heterocycles. The SMILES string of the molecule is Cc1cc2[nH]c(-c3cccc(F)c3)cc2c(C)c1N. The highest BCUT2D eigenvalue weighted by atomic mass is 19.1. The Kier molecular flexibility index (Phi) is 2.56. The van der Waals surface area contributed by atoms with Crippen LogP contribution in [0.5, 0.6) is 0 Å². The third-order valence-electron chi connectivity index (χ3n) is 3.58. The molecule has 3 heteroatoms. The van der Waals surface area contributed by atoms with Gasteiger partial charge in [0.05, 0.1) is 0 Å². The van der Waals surface area contributed by atoms with Crippen molar-refractivity contribution in [1.29, 1.82) is 0 Å². The van der Waals surface area contributed by atoms with Gasteiger partial charge in [0.2, 0.25) is 0 Å². The minimum absolute atomic E-state index is 0.233. The zero-order valence-corrected chi connectivity index (χ0v) is 10.9. The molecule has 0 amide bonds. The van der Waals surface area contributed by atoms with Crippen molar-refractivity contribution in [2.24, 2.45) is 0 Å². The summed E-state index contributed by atoms with van der Waals surface area (Å²) < 4.78 is 13.3. The summed E-state index contributed by atoms with van der Waals surface area (Å²) in [7, 11) is 0. The number of aromatic amines is 1. The molecule has 3 aromatic rings. The van der Waals surface area contributed by atoms with Crippen LogP contribution in [0.4, 0.5) is 10.1 Å². The second kappa shape index (κ2) is 4.12. The zero-order chi connectivity index (χ0) is 13.6. The molecule has 0 spiro atoms. The van der Waals surface area contributed by atoms with Crippen molar-refractivity contribution < 1.29 is 4.39 Å². The number of nitrogens with two attached hydrogens (primary N) is 1. The highest BCUT2D eigenvalue weighted by Crippen LogP contribution is 2.31. The average Bonchev–Trinajstić information content (AvgIpc) is 2.80. The van der Waals surface area contributed by atoms with Gasteiger partial charge in [0, 0.05) is 27.8 Å². The van der Waals surface area contributed by atoms with Gasteiger partial charge in [0.25, 0.3) is 0 Å². The normalized spacial score (nSPS) is 11.1. The molecule has 0 saturated heterocycles. The molecule has 0 aliphatic heterocycles. The summed E-state index contributed by atoms with van der Waals surface area (Å²) in [6, 6.07) is 10.6. The Labute approximate surface area is 111 Å². The molecule has 0 radical (unpaired) electrons. The van der Waals surface area contributed by atoms with E-state index in [2.05, 4.69) is 4.98 Å². The second-order valence-corrected chi connectivity index (χ2v) is 4.89. The molecule has 0 aliphatic rings. The van der Waals surface area contributed by atoms with Crippen LogP contribution in [-0.2, 0) is 0 Å². The maximum Gasteiger partial charge on any atom is 0.123 e. The van der Waals surface area contributed by atoms with Crippen molar-refractivity contribution in [3.63, 3.8) is 0 Å². The van der Waals surface area contributed by atoms with Crippen molar-refractivity contribution >= 4 is 16.6 Å². The van der Waals surface area contributed by atoms with Crippen LogP contribution in [0.15, 0.2) is 36.4 Å². The van der Waals surface area contributed by atoms with Gasteiger partial charge in [-0.3, -0.25) is 0 Å². The molecule has 1 heterocycles. The maximum absolute atomic E-state index is 13.3. The summed E-state index contributed by atoms with van der Waals surface area (Å²) in [4.78, 5) is 3.33. The number of hydrogen-bond acceptors (Lipinski definition) is 1. The molecular weight excluding hydrogens is 239 g/mol. The monoisotopic (exact) mass is 254 g/mol. The van der Waals surface area contributed by atoms with Crippen molar-refractivity contribution in [2.45, 2.75) is 13.8 Å². The van der Waals surface area contributed by atoms with Crippen LogP contribution in [0.3, 0.4) is 0 Å². The molecule has 3 rings (SSSR count). The van der Waals surface area contributed by atoms with Crippen molar-refractivity contribution in [2.75, 3.05) is 5.73 Å². The summed E-state index contributed by atoms with van der Waals surface area (Å²) >= 11 is 0. The van der Waals surface area contributed by atoms with Gasteiger partial charge in [-0.05, 0) is 49.2 Å². The first-order chi connectivity index (χ1) is 9.06. The number of fused-ring (bicyclic) bond motifs is 1. The number of hydrogen-bond donors (Lipinski definition) is 2. The van der Waals surface area contributed by atoms with Gasteiger partial charge in [-0.1, -0.05) is 12.1 Å². The molecule has 3 N–H and O–H groups in total. The van der Waals surface area contributed by atoms with Crippen molar-refractivity contribution in [1.82, 2.24) is 4.98 Å². The molecule has 0 unspecified atom stereocenters. The lowest BCUT2D eigenvalue weighted by atomic mass is 10.0. The number of H-pyrrole nitrogens is 1. The van der Waals surface area contributed by atoms with E-state index in [1.54, 1.807) is 6.07 Å².